The topological polar surface area (TPSA) is 92.8 Å². The molecule has 2 amide bonds. The Hall–Kier alpha value is -2.09. The van der Waals surface area contributed by atoms with Crippen molar-refractivity contribution in [3.63, 3.8) is 0 Å². The highest BCUT2D eigenvalue weighted by atomic mass is 32.2. The molecule has 8 heteroatoms. The van der Waals surface area contributed by atoms with Gasteiger partial charge >= 0.3 is 0 Å². The van der Waals surface area contributed by atoms with Gasteiger partial charge in [-0.2, -0.15) is 0 Å². The Balaban J connectivity index is 2.12. The van der Waals surface area contributed by atoms with Gasteiger partial charge in [-0.25, -0.2) is 8.42 Å². The first kappa shape index (κ1) is 20.2. The first-order valence-electron chi connectivity index (χ1n) is 8.73. The lowest BCUT2D eigenvalue weighted by molar-refractivity contribution is -0.125. The van der Waals surface area contributed by atoms with E-state index in [1.54, 1.807) is 36.1 Å². The molecule has 0 spiro atoms. The number of amides is 2. The normalized spacial score (nSPS) is 18.4. The molecule has 1 N–H and O–H groups in total. The van der Waals surface area contributed by atoms with Crippen molar-refractivity contribution in [3.8, 4) is 5.75 Å². The Kier molecular flexibility index (Phi) is 6.63. The van der Waals surface area contributed by atoms with Crippen molar-refractivity contribution < 1.29 is 22.7 Å². The maximum atomic E-state index is 12.9. The highest BCUT2D eigenvalue weighted by Gasteiger charge is 2.36. The minimum Gasteiger partial charge on any atom is -0.493 e. The lowest BCUT2D eigenvalue weighted by Crippen LogP contribution is -2.49. The van der Waals surface area contributed by atoms with Gasteiger partial charge in [0.15, 0.2) is 0 Å². The molecule has 0 saturated carbocycles. The second-order valence-electron chi connectivity index (χ2n) is 6.59. The van der Waals surface area contributed by atoms with Crippen molar-refractivity contribution in [1.29, 1.82) is 0 Å². The number of ether oxygens (including phenoxy) is 1. The van der Waals surface area contributed by atoms with Gasteiger partial charge < -0.3 is 15.0 Å². The Morgan fingerprint density at radius 3 is 2.69 bits per heavy atom. The number of carbonyl (C=O) groups excluding carboxylic acids is 2. The summed E-state index contributed by atoms with van der Waals surface area (Å²) >= 11 is 0. The molecule has 1 aromatic rings. The summed E-state index contributed by atoms with van der Waals surface area (Å²) in [6.07, 6.45) is 2.41. The van der Waals surface area contributed by atoms with E-state index in [1.807, 2.05) is 6.92 Å². The SMILES string of the molecule is CCOc1ccccc1C(=O)N1CCCC1C(=O)NC(C)CS(C)(=O)=O. The molecule has 0 aliphatic carbocycles. The van der Waals surface area contributed by atoms with E-state index in [9.17, 15) is 18.0 Å². The molecule has 0 radical (unpaired) electrons. The quantitative estimate of drug-likeness (QED) is 0.766. The van der Waals surface area contributed by atoms with Crippen molar-refractivity contribution in [2.24, 2.45) is 0 Å². The predicted molar refractivity (Wildman–Crippen MR) is 99.0 cm³/mol. The van der Waals surface area contributed by atoms with E-state index in [0.717, 1.165) is 12.7 Å². The molecular weight excluding hydrogens is 356 g/mol. The van der Waals surface area contributed by atoms with Crippen LogP contribution in [0.4, 0.5) is 0 Å². The molecular formula is C18H26N2O5S. The largest absolute Gasteiger partial charge is 0.493 e. The summed E-state index contributed by atoms with van der Waals surface area (Å²) in [4.78, 5) is 27.1. The summed E-state index contributed by atoms with van der Waals surface area (Å²) in [6.45, 7) is 4.41. The molecule has 7 nitrogen and oxygen atoms in total. The fourth-order valence-corrected chi connectivity index (χ4v) is 4.19. The molecule has 1 fully saturated rings. The Morgan fingerprint density at radius 1 is 1.35 bits per heavy atom. The third-order valence-corrected chi connectivity index (χ3v) is 5.28. The minimum atomic E-state index is -3.19. The monoisotopic (exact) mass is 382 g/mol. The van der Waals surface area contributed by atoms with Crippen molar-refractivity contribution in [2.75, 3.05) is 25.2 Å². The van der Waals surface area contributed by atoms with Crippen LogP contribution in [0.15, 0.2) is 24.3 Å². The summed E-state index contributed by atoms with van der Waals surface area (Å²) < 4.78 is 28.3. The van der Waals surface area contributed by atoms with Crippen molar-refractivity contribution in [2.45, 2.75) is 38.8 Å². The number of likely N-dealkylation sites (tertiary alicyclic amines) is 1. The molecule has 1 heterocycles. The first-order chi connectivity index (χ1) is 12.2. The van der Waals surface area contributed by atoms with Crippen LogP contribution in [0.2, 0.25) is 0 Å². The number of hydrogen-bond acceptors (Lipinski definition) is 5. The second-order valence-corrected chi connectivity index (χ2v) is 8.77. The van der Waals surface area contributed by atoms with Crippen LogP contribution in [0.3, 0.4) is 0 Å². The maximum absolute atomic E-state index is 12.9. The van der Waals surface area contributed by atoms with E-state index >= 15 is 0 Å². The van der Waals surface area contributed by atoms with Crippen LogP contribution < -0.4 is 10.1 Å². The standard InChI is InChI=1S/C18H26N2O5S/c1-4-25-16-10-6-5-8-14(16)18(22)20-11-7-9-15(20)17(21)19-13(2)12-26(3,23)24/h5-6,8,10,13,15H,4,7,9,11-12H2,1-3H3,(H,19,21). The summed E-state index contributed by atoms with van der Waals surface area (Å²) in [5.74, 6) is -0.202. The van der Waals surface area contributed by atoms with Gasteiger partial charge in [-0.1, -0.05) is 12.1 Å². The van der Waals surface area contributed by atoms with Gasteiger partial charge in [-0.3, -0.25) is 9.59 Å². The average Bonchev–Trinajstić information content (AvgIpc) is 3.03. The van der Waals surface area contributed by atoms with E-state index in [-0.39, 0.29) is 17.6 Å². The fourth-order valence-electron chi connectivity index (χ4n) is 3.20. The highest BCUT2D eigenvalue weighted by molar-refractivity contribution is 7.90. The van der Waals surface area contributed by atoms with Crippen molar-refractivity contribution in [1.82, 2.24) is 10.2 Å². The number of benzene rings is 1. The molecule has 1 aromatic carbocycles. The highest BCUT2D eigenvalue weighted by Crippen LogP contribution is 2.25. The van der Waals surface area contributed by atoms with Crippen LogP contribution in [0.5, 0.6) is 5.75 Å². The van der Waals surface area contributed by atoms with Crippen LogP contribution in [-0.2, 0) is 14.6 Å². The van der Waals surface area contributed by atoms with Crippen molar-refractivity contribution in [3.05, 3.63) is 29.8 Å². The van der Waals surface area contributed by atoms with Gasteiger partial charge in [-0.15, -0.1) is 0 Å². The maximum Gasteiger partial charge on any atom is 0.258 e. The number of rotatable bonds is 7. The van der Waals surface area contributed by atoms with E-state index < -0.39 is 21.9 Å². The van der Waals surface area contributed by atoms with Gasteiger partial charge in [0.2, 0.25) is 5.91 Å². The van der Waals surface area contributed by atoms with Gasteiger partial charge in [0.05, 0.1) is 17.9 Å². The number of nitrogens with one attached hydrogen (secondary N) is 1. The van der Waals surface area contributed by atoms with E-state index in [0.29, 0.717) is 30.9 Å². The summed E-state index contributed by atoms with van der Waals surface area (Å²) in [5, 5.41) is 2.71. The van der Waals surface area contributed by atoms with Gasteiger partial charge in [0.25, 0.3) is 5.91 Å². The van der Waals surface area contributed by atoms with Gasteiger partial charge in [0.1, 0.15) is 21.6 Å². The summed E-state index contributed by atoms with van der Waals surface area (Å²) in [7, 11) is -3.19. The third kappa shape index (κ3) is 5.20. The lowest BCUT2D eigenvalue weighted by atomic mass is 10.1. The van der Waals surface area contributed by atoms with E-state index in [1.165, 1.54) is 0 Å². The lowest BCUT2D eigenvalue weighted by Gasteiger charge is -2.26. The molecule has 144 valence electrons. The summed E-state index contributed by atoms with van der Waals surface area (Å²) in [5.41, 5.74) is 0.429. The van der Waals surface area contributed by atoms with Gasteiger partial charge in [-0.05, 0) is 38.8 Å². The Labute approximate surface area is 154 Å². The molecule has 2 unspecified atom stereocenters. The molecule has 1 aliphatic heterocycles. The molecule has 0 bridgehead atoms. The second kappa shape index (κ2) is 8.53. The van der Waals surface area contributed by atoms with Crippen LogP contribution in [-0.4, -0.2) is 62.4 Å². The minimum absolute atomic E-state index is 0.132. The number of nitrogens with zero attached hydrogens (tertiary/aromatic N) is 1. The third-order valence-electron chi connectivity index (χ3n) is 4.18. The molecule has 26 heavy (non-hydrogen) atoms. The molecule has 0 aromatic heterocycles. The Morgan fingerprint density at radius 2 is 2.04 bits per heavy atom. The molecule has 1 aliphatic rings. The number of carbonyl (C=O) groups is 2. The molecule has 1 saturated heterocycles. The van der Waals surface area contributed by atoms with E-state index in [4.69, 9.17) is 4.74 Å². The van der Waals surface area contributed by atoms with Crippen LogP contribution in [0.25, 0.3) is 0 Å². The number of sulfone groups is 1. The first-order valence-corrected chi connectivity index (χ1v) is 10.8. The zero-order valence-corrected chi connectivity index (χ0v) is 16.2. The van der Waals surface area contributed by atoms with Crippen LogP contribution >= 0.6 is 0 Å². The van der Waals surface area contributed by atoms with Gasteiger partial charge in [0, 0.05) is 18.8 Å². The molecule has 2 rings (SSSR count). The predicted octanol–water partition coefficient (Wildman–Crippen LogP) is 1.24. The fraction of sp³-hybridized carbons (Fsp3) is 0.556. The Bertz CT molecular complexity index is 763. The van der Waals surface area contributed by atoms with Crippen LogP contribution in [0.1, 0.15) is 37.0 Å². The number of hydrogen-bond donors (Lipinski definition) is 1. The molecule has 2 atom stereocenters. The van der Waals surface area contributed by atoms with E-state index in [2.05, 4.69) is 5.32 Å². The van der Waals surface area contributed by atoms with Crippen LogP contribution in [0, 0.1) is 0 Å². The zero-order valence-electron chi connectivity index (χ0n) is 15.4. The smallest absolute Gasteiger partial charge is 0.258 e. The summed E-state index contributed by atoms with van der Waals surface area (Å²) in [6, 6.07) is 5.87. The van der Waals surface area contributed by atoms with Crippen molar-refractivity contribution >= 4 is 21.7 Å². The number of para-hydroxylation sites is 1. The zero-order chi connectivity index (χ0) is 19.3. The average molecular weight is 382 g/mol.